The fourth-order valence-corrected chi connectivity index (χ4v) is 4.75. The molecule has 0 saturated heterocycles. The van der Waals surface area contributed by atoms with Crippen molar-refractivity contribution in [3.63, 3.8) is 0 Å². The van der Waals surface area contributed by atoms with Crippen LogP contribution in [0.5, 0.6) is 0 Å². The van der Waals surface area contributed by atoms with Crippen LogP contribution in [0.3, 0.4) is 0 Å². The summed E-state index contributed by atoms with van der Waals surface area (Å²) in [6.07, 6.45) is 2.41. The molecule has 2 unspecified atom stereocenters. The maximum atomic E-state index is 12.4. The van der Waals surface area contributed by atoms with E-state index < -0.39 is 41.3 Å². The standard InChI is InChI=1S/C23H44N4O8/c24-12-2-1-7-22(21(34)35,17-20(32)33)9-10-23(11-14-26,8-4-13-25)27(16-6-19(30)31)15-3-5-18(28)29/h1-17,24-26H2,(H,28,29)(H,30,31)(H,32,33)(H,34,35). The molecule has 0 rings (SSSR count). The van der Waals surface area contributed by atoms with Gasteiger partial charge in [0.05, 0.1) is 18.3 Å². The first-order chi connectivity index (χ1) is 16.5. The van der Waals surface area contributed by atoms with E-state index in [2.05, 4.69) is 0 Å². The second kappa shape index (κ2) is 17.2. The van der Waals surface area contributed by atoms with E-state index in [4.69, 9.17) is 22.3 Å². The molecule has 204 valence electrons. The van der Waals surface area contributed by atoms with Crippen LogP contribution in [-0.4, -0.2) is 87.5 Å². The van der Waals surface area contributed by atoms with Gasteiger partial charge in [-0.1, -0.05) is 6.42 Å². The minimum Gasteiger partial charge on any atom is -0.481 e. The quantitative estimate of drug-likeness (QED) is 0.0962. The maximum absolute atomic E-state index is 12.4. The van der Waals surface area contributed by atoms with Gasteiger partial charge in [-0.15, -0.1) is 0 Å². The third-order valence-corrected chi connectivity index (χ3v) is 6.66. The summed E-state index contributed by atoms with van der Waals surface area (Å²) in [4.78, 5) is 48.3. The Labute approximate surface area is 206 Å². The second-order valence-electron chi connectivity index (χ2n) is 9.19. The van der Waals surface area contributed by atoms with Crippen LogP contribution in [0.25, 0.3) is 0 Å². The van der Waals surface area contributed by atoms with Crippen LogP contribution in [0.15, 0.2) is 0 Å². The van der Waals surface area contributed by atoms with Crippen molar-refractivity contribution in [3.8, 4) is 0 Å². The molecule has 35 heavy (non-hydrogen) atoms. The Balaban J connectivity index is 6.22. The van der Waals surface area contributed by atoms with Gasteiger partial charge in [0.15, 0.2) is 0 Å². The normalized spacial score (nSPS) is 14.9. The highest BCUT2D eigenvalue weighted by Gasteiger charge is 2.44. The first-order valence-corrected chi connectivity index (χ1v) is 12.2. The van der Waals surface area contributed by atoms with Gasteiger partial charge in [-0.25, -0.2) is 0 Å². The molecule has 0 bridgehead atoms. The van der Waals surface area contributed by atoms with Gasteiger partial charge in [-0.2, -0.15) is 0 Å². The fraction of sp³-hybridized carbons (Fsp3) is 0.826. The van der Waals surface area contributed by atoms with Crippen molar-refractivity contribution in [2.75, 3.05) is 32.7 Å². The zero-order valence-corrected chi connectivity index (χ0v) is 20.6. The van der Waals surface area contributed by atoms with Crippen LogP contribution in [0, 0.1) is 5.41 Å². The number of carboxylic acid groups (broad SMARTS) is 4. The van der Waals surface area contributed by atoms with Crippen molar-refractivity contribution >= 4 is 23.9 Å². The van der Waals surface area contributed by atoms with Crippen LogP contribution in [0.2, 0.25) is 0 Å². The summed E-state index contributed by atoms with van der Waals surface area (Å²) in [5.41, 5.74) is 15.0. The average Bonchev–Trinajstić information content (AvgIpc) is 2.77. The summed E-state index contributed by atoms with van der Waals surface area (Å²) in [5, 5.41) is 37.9. The van der Waals surface area contributed by atoms with Gasteiger partial charge >= 0.3 is 23.9 Å². The summed E-state index contributed by atoms with van der Waals surface area (Å²) in [6, 6.07) is 0. The lowest BCUT2D eigenvalue weighted by molar-refractivity contribution is -0.157. The molecule has 0 aromatic rings. The number of nitrogens with two attached hydrogens (primary N) is 3. The van der Waals surface area contributed by atoms with Gasteiger partial charge in [-0.05, 0) is 77.5 Å². The van der Waals surface area contributed by atoms with Crippen molar-refractivity contribution in [2.24, 2.45) is 22.6 Å². The summed E-state index contributed by atoms with van der Waals surface area (Å²) in [6.45, 7) is 1.37. The Hall–Kier alpha value is -2.28. The molecule has 0 aliphatic heterocycles. The Morgan fingerprint density at radius 1 is 0.600 bits per heavy atom. The fourth-order valence-electron chi connectivity index (χ4n) is 4.75. The molecule has 0 amide bonds. The van der Waals surface area contributed by atoms with Gasteiger partial charge in [0.2, 0.25) is 0 Å². The van der Waals surface area contributed by atoms with Gasteiger partial charge in [0.1, 0.15) is 0 Å². The third kappa shape index (κ3) is 12.3. The minimum atomic E-state index is -1.51. The summed E-state index contributed by atoms with van der Waals surface area (Å²) in [5.74, 6) is -4.39. The molecule has 0 fully saturated rings. The van der Waals surface area contributed by atoms with Crippen molar-refractivity contribution in [1.29, 1.82) is 0 Å². The molecule has 12 nitrogen and oxygen atoms in total. The van der Waals surface area contributed by atoms with E-state index in [1.54, 1.807) is 0 Å². The highest BCUT2D eigenvalue weighted by Crippen LogP contribution is 2.41. The van der Waals surface area contributed by atoms with Crippen LogP contribution in [0.4, 0.5) is 0 Å². The average molecular weight is 505 g/mol. The number of nitrogens with zero attached hydrogens (tertiary/aromatic N) is 1. The number of hydrogen-bond donors (Lipinski definition) is 7. The van der Waals surface area contributed by atoms with E-state index in [0.29, 0.717) is 45.2 Å². The smallest absolute Gasteiger partial charge is 0.310 e. The monoisotopic (exact) mass is 504 g/mol. The van der Waals surface area contributed by atoms with Gasteiger partial charge in [0.25, 0.3) is 0 Å². The summed E-state index contributed by atoms with van der Waals surface area (Å²) in [7, 11) is 0. The van der Waals surface area contributed by atoms with Crippen molar-refractivity contribution < 1.29 is 39.6 Å². The molecule has 2 atom stereocenters. The van der Waals surface area contributed by atoms with E-state index in [1.807, 2.05) is 4.90 Å². The van der Waals surface area contributed by atoms with E-state index in [1.165, 1.54) is 0 Å². The molecule has 0 aromatic carbocycles. The van der Waals surface area contributed by atoms with Crippen LogP contribution >= 0.6 is 0 Å². The van der Waals surface area contributed by atoms with Crippen LogP contribution in [0.1, 0.15) is 77.0 Å². The predicted octanol–water partition coefficient (Wildman–Crippen LogP) is 0.909. The van der Waals surface area contributed by atoms with Gasteiger partial charge in [-0.3, -0.25) is 24.1 Å². The first kappa shape index (κ1) is 32.7. The highest BCUT2D eigenvalue weighted by molar-refractivity contribution is 5.81. The van der Waals surface area contributed by atoms with E-state index >= 15 is 0 Å². The van der Waals surface area contributed by atoms with E-state index in [-0.39, 0.29) is 58.2 Å². The predicted molar refractivity (Wildman–Crippen MR) is 130 cm³/mol. The summed E-state index contributed by atoms with van der Waals surface area (Å²) < 4.78 is 0. The highest BCUT2D eigenvalue weighted by atomic mass is 16.4. The molecular weight excluding hydrogens is 460 g/mol. The lowest BCUT2D eigenvalue weighted by Gasteiger charge is -2.46. The second-order valence-corrected chi connectivity index (χ2v) is 9.19. The first-order valence-electron chi connectivity index (χ1n) is 12.2. The molecule has 10 N–H and O–H groups in total. The Bertz CT molecular complexity index is 678. The number of rotatable bonds is 23. The van der Waals surface area contributed by atoms with Crippen LogP contribution < -0.4 is 17.2 Å². The molecule has 0 aliphatic carbocycles. The topological polar surface area (TPSA) is 230 Å². The van der Waals surface area contributed by atoms with Crippen molar-refractivity contribution in [3.05, 3.63) is 0 Å². The van der Waals surface area contributed by atoms with Crippen LogP contribution in [-0.2, 0) is 19.2 Å². The molecular formula is C23H44N4O8. The summed E-state index contributed by atoms with van der Waals surface area (Å²) >= 11 is 0. The molecule has 0 spiro atoms. The third-order valence-electron chi connectivity index (χ3n) is 6.66. The molecule has 12 heteroatoms. The minimum absolute atomic E-state index is 0.0479. The zero-order valence-electron chi connectivity index (χ0n) is 20.6. The lowest BCUT2D eigenvalue weighted by Crippen LogP contribution is -2.52. The molecule has 0 aliphatic rings. The SMILES string of the molecule is NCCCCC(CCC(CCN)(CCCN)N(CCCC(=O)O)CCC(=O)O)(CC(=O)O)C(=O)O. The molecule has 0 aromatic heterocycles. The van der Waals surface area contributed by atoms with Gasteiger partial charge < -0.3 is 37.6 Å². The number of hydrogen-bond acceptors (Lipinski definition) is 8. The Kier molecular flexibility index (Phi) is 16.1. The van der Waals surface area contributed by atoms with Gasteiger partial charge in [0, 0.05) is 18.5 Å². The maximum Gasteiger partial charge on any atom is 0.310 e. The molecule has 0 heterocycles. The molecule has 0 saturated carbocycles. The number of carboxylic acids is 4. The zero-order chi connectivity index (χ0) is 26.9. The Morgan fingerprint density at radius 3 is 1.71 bits per heavy atom. The van der Waals surface area contributed by atoms with E-state index in [0.717, 1.165) is 0 Å². The van der Waals surface area contributed by atoms with Crippen molar-refractivity contribution in [1.82, 2.24) is 4.90 Å². The lowest BCUT2D eigenvalue weighted by atomic mass is 9.71. The van der Waals surface area contributed by atoms with Crippen molar-refractivity contribution in [2.45, 2.75) is 82.6 Å². The number of unbranched alkanes of at least 4 members (excludes halogenated alkanes) is 1. The number of aliphatic carboxylic acids is 4. The Morgan fingerprint density at radius 2 is 1.23 bits per heavy atom. The largest absolute Gasteiger partial charge is 0.481 e. The number of carbonyl (C=O) groups is 4. The van der Waals surface area contributed by atoms with E-state index in [9.17, 15) is 34.5 Å². The molecule has 0 radical (unpaired) electrons.